The van der Waals surface area contributed by atoms with Gasteiger partial charge in [0.1, 0.15) is 0 Å². The maximum atomic E-state index is 12.9. The van der Waals surface area contributed by atoms with E-state index in [1.807, 2.05) is 24.3 Å². The summed E-state index contributed by atoms with van der Waals surface area (Å²) in [6, 6.07) is 11.1. The van der Waals surface area contributed by atoms with Crippen molar-refractivity contribution < 1.29 is 17.9 Å². The van der Waals surface area contributed by atoms with Crippen molar-refractivity contribution in [2.75, 3.05) is 5.73 Å². The summed E-state index contributed by atoms with van der Waals surface area (Å²) in [4.78, 5) is 0. The van der Waals surface area contributed by atoms with Gasteiger partial charge in [-0.2, -0.15) is 13.2 Å². The van der Waals surface area contributed by atoms with Crippen LogP contribution in [-0.2, 0) is 24.1 Å². The fourth-order valence-corrected chi connectivity index (χ4v) is 2.34. The number of rotatable bonds is 4. The Kier molecular flexibility index (Phi) is 4.90. The average Bonchev–Trinajstić information content (AvgIpc) is 2.39. The van der Waals surface area contributed by atoms with Crippen LogP contribution in [0.15, 0.2) is 46.9 Å². The minimum atomic E-state index is -4.44. The van der Waals surface area contributed by atoms with Gasteiger partial charge in [0, 0.05) is 10.2 Å². The van der Waals surface area contributed by atoms with Gasteiger partial charge in [-0.1, -0.05) is 34.1 Å². The van der Waals surface area contributed by atoms with Gasteiger partial charge in [-0.15, -0.1) is 0 Å². The highest BCUT2D eigenvalue weighted by Crippen LogP contribution is 2.33. The predicted octanol–water partition coefficient (Wildman–Crippen LogP) is 4.77. The van der Waals surface area contributed by atoms with Gasteiger partial charge in [-0.3, -0.25) is 0 Å². The third-order valence-corrected chi connectivity index (χ3v) is 3.35. The number of hydrogen-bond donors (Lipinski definition) is 1. The molecule has 2 nitrogen and oxygen atoms in total. The fraction of sp³-hybridized carbons (Fsp3) is 0.200. The van der Waals surface area contributed by atoms with Crippen molar-refractivity contribution in [3.05, 3.63) is 63.6 Å². The van der Waals surface area contributed by atoms with Crippen molar-refractivity contribution in [1.29, 1.82) is 0 Å². The lowest BCUT2D eigenvalue weighted by Crippen LogP contribution is -2.11. The molecule has 2 aromatic carbocycles. The SMILES string of the molecule is Nc1ccc(COCc2cccc(Br)c2)c(C(F)(F)F)c1. The number of benzene rings is 2. The van der Waals surface area contributed by atoms with E-state index >= 15 is 0 Å². The molecule has 0 fully saturated rings. The summed E-state index contributed by atoms with van der Waals surface area (Å²) in [7, 11) is 0. The van der Waals surface area contributed by atoms with E-state index in [9.17, 15) is 13.2 Å². The Morgan fingerprint density at radius 1 is 1.05 bits per heavy atom. The lowest BCUT2D eigenvalue weighted by molar-refractivity contribution is -0.138. The van der Waals surface area contributed by atoms with E-state index in [0.29, 0.717) is 0 Å². The number of nitrogen functional groups attached to an aromatic ring is 1. The molecule has 0 aliphatic heterocycles. The van der Waals surface area contributed by atoms with E-state index in [-0.39, 0.29) is 24.5 Å². The quantitative estimate of drug-likeness (QED) is 0.798. The second-order valence-corrected chi connectivity index (χ2v) is 5.45. The molecule has 0 unspecified atom stereocenters. The Morgan fingerprint density at radius 3 is 2.48 bits per heavy atom. The first-order valence-corrected chi connectivity index (χ1v) is 6.93. The summed E-state index contributed by atoms with van der Waals surface area (Å²) in [5.41, 5.74) is 5.70. The van der Waals surface area contributed by atoms with Gasteiger partial charge < -0.3 is 10.5 Å². The monoisotopic (exact) mass is 359 g/mol. The van der Waals surface area contributed by atoms with Gasteiger partial charge in [-0.25, -0.2) is 0 Å². The molecule has 0 heterocycles. The Bertz CT molecular complexity index is 629. The Labute approximate surface area is 128 Å². The van der Waals surface area contributed by atoms with Gasteiger partial charge in [-0.05, 0) is 35.4 Å². The fourth-order valence-electron chi connectivity index (χ4n) is 1.89. The maximum absolute atomic E-state index is 12.9. The molecule has 0 atom stereocenters. The van der Waals surface area contributed by atoms with Crippen LogP contribution in [0.25, 0.3) is 0 Å². The molecule has 0 spiro atoms. The summed E-state index contributed by atoms with van der Waals surface area (Å²) < 4.78 is 45.0. The average molecular weight is 360 g/mol. The molecule has 112 valence electrons. The summed E-state index contributed by atoms with van der Waals surface area (Å²) >= 11 is 3.33. The molecule has 6 heteroatoms. The van der Waals surface area contributed by atoms with Crippen LogP contribution in [0.1, 0.15) is 16.7 Å². The molecule has 0 radical (unpaired) electrons. The van der Waals surface area contributed by atoms with Crippen molar-refractivity contribution in [3.8, 4) is 0 Å². The molecule has 0 aliphatic rings. The number of nitrogens with two attached hydrogens (primary N) is 1. The van der Waals surface area contributed by atoms with Gasteiger partial charge >= 0.3 is 6.18 Å². The van der Waals surface area contributed by atoms with E-state index in [2.05, 4.69) is 15.9 Å². The van der Waals surface area contributed by atoms with Crippen LogP contribution >= 0.6 is 15.9 Å². The van der Waals surface area contributed by atoms with Crippen LogP contribution in [0.2, 0.25) is 0 Å². The van der Waals surface area contributed by atoms with Crippen LogP contribution in [0.4, 0.5) is 18.9 Å². The molecule has 2 N–H and O–H groups in total. The number of halogens is 4. The summed E-state index contributed by atoms with van der Waals surface area (Å²) in [5, 5.41) is 0. The van der Waals surface area contributed by atoms with E-state index in [4.69, 9.17) is 10.5 Å². The van der Waals surface area contributed by atoms with Gasteiger partial charge in [0.25, 0.3) is 0 Å². The third-order valence-electron chi connectivity index (χ3n) is 2.85. The van der Waals surface area contributed by atoms with Crippen molar-refractivity contribution in [2.45, 2.75) is 19.4 Å². The first-order chi connectivity index (χ1) is 9.86. The van der Waals surface area contributed by atoms with Gasteiger partial charge in [0.05, 0.1) is 18.8 Å². The lowest BCUT2D eigenvalue weighted by atomic mass is 10.1. The second kappa shape index (κ2) is 6.49. The first-order valence-electron chi connectivity index (χ1n) is 6.14. The largest absolute Gasteiger partial charge is 0.416 e. The molecule has 0 amide bonds. The molecule has 21 heavy (non-hydrogen) atoms. The molecule has 0 saturated heterocycles. The highest BCUT2D eigenvalue weighted by Gasteiger charge is 2.33. The Hall–Kier alpha value is -1.53. The van der Waals surface area contributed by atoms with E-state index in [1.165, 1.54) is 12.1 Å². The Morgan fingerprint density at radius 2 is 1.81 bits per heavy atom. The molecule has 0 aliphatic carbocycles. The Balaban J connectivity index is 2.07. The lowest BCUT2D eigenvalue weighted by Gasteiger charge is -2.14. The number of ether oxygens (including phenoxy) is 1. The van der Waals surface area contributed by atoms with E-state index in [0.717, 1.165) is 16.1 Å². The van der Waals surface area contributed by atoms with E-state index < -0.39 is 11.7 Å². The van der Waals surface area contributed by atoms with Gasteiger partial charge in [0.2, 0.25) is 0 Å². The zero-order valence-electron chi connectivity index (χ0n) is 11.0. The zero-order valence-corrected chi connectivity index (χ0v) is 12.5. The second-order valence-electron chi connectivity index (χ2n) is 4.54. The minimum Gasteiger partial charge on any atom is -0.399 e. The number of hydrogen-bond acceptors (Lipinski definition) is 2. The van der Waals surface area contributed by atoms with Crippen molar-refractivity contribution in [1.82, 2.24) is 0 Å². The molecule has 2 rings (SSSR count). The summed E-state index contributed by atoms with van der Waals surface area (Å²) in [6.07, 6.45) is -4.44. The van der Waals surface area contributed by atoms with Crippen molar-refractivity contribution >= 4 is 21.6 Å². The number of anilines is 1. The van der Waals surface area contributed by atoms with Crippen LogP contribution in [0, 0.1) is 0 Å². The molecular formula is C15H13BrF3NO. The molecule has 0 bridgehead atoms. The van der Waals surface area contributed by atoms with Crippen LogP contribution < -0.4 is 5.73 Å². The predicted molar refractivity (Wildman–Crippen MR) is 78.5 cm³/mol. The van der Waals surface area contributed by atoms with Crippen molar-refractivity contribution in [2.24, 2.45) is 0 Å². The van der Waals surface area contributed by atoms with Crippen molar-refractivity contribution in [3.63, 3.8) is 0 Å². The van der Waals surface area contributed by atoms with Gasteiger partial charge in [0.15, 0.2) is 0 Å². The number of alkyl halides is 3. The molecule has 2 aromatic rings. The molecule has 0 aromatic heterocycles. The zero-order chi connectivity index (χ0) is 15.5. The highest BCUT2D eigenvalue weighted by atomic mass is 79.9. The smallest absolute Gasteiger partial charge is 0.399 e. The van der Waals surface area contributed by atoms with Crippen LogP contribution in [0.5, 0.6) is 0 Å². The van der Waals surface area contributed by atoms with Crippen LogP contribution in [-0.4, -0.2) is 0 Å². The first kappa shape index (κ1) is 15.9. The standard InChI is InChI=1S/C15H13BrF3NO/c16-12-3-1-2-10(6-12)8-21-9-11-4-5-13(20)7-14(11)15(17,18)19/h1-7H,8-9,20H2. The normalized spacial score (nSPS) is 11.6. The topological polar surface area (TPSA) is 35.2 Å². The summed E-state index contributed by atoms with van der Waals surface area (Å²) in [5.74, 6) is 0. The molecule has 0 saturated carbocycles. The molecular weight excluding hydrogens is 347 g/mol. The minimum absolute atomic E-state index is 0.0756. The maximum Gasteiger partial charge on any atom is 0.416 e. The summed E-state index contributed by atoms with van der Waals surface area (Å²) in [6.45, 7) is 0.114. The van der Waals surface area contributed by atoms with Crippen LogP contribution in [0.3, 0.4) is 0 Å². The highest BCUT2D eigenvalue weighted by molar-refractivity contribution is 9.10. The van der Waals surface area contributed by atoms with E-state index in [1.54, 1.807) is 0 Å². The third kappa shape index (κ3) is 4.47.